The molecule has 0 saturated carbocycles. The Morgan fingerprint density at radius 3 is 2.78 bits per heavy atom. The van der Waals surface area contributed by atoms with Crippen LogP contribution in [0.25, 0.3) is 0 Å². The Morgan fingerprint density at radius 1 is 1.44 bits per heavy atom. The van der Waals surface area contributed by atoms with Gasteiger partial charge in [-0.25, -0.2) is 0 Å². The van der Waals surface area contributed by atoms with Gasteiger partial charge in [-0.15, -0.1) is 0 Å². The summed E-state index contributed by atoms with van der Waals surface area (Å²) < 4.78 is 5.38. The number of benzene rings is 1. The molecular formula is C14H19NO3. The summed E-state index contributed by atoms with van der Waals surface area (Å²) in [6.07, 6.45) is 1.72. The van der Waals surface area contributed by atoms with Gasteiger partial charge in [0, 0.05) is 6.54 Å². The number of carboxylic acids is 1. The van der Waals surface area contributed by atoms with Crippen LogP contribution in [0.3, 0.4) is 0 Å². The predicted octanol–water partition coefficient (Wildman–Crippen LogP) is 2.13. The van der Waals surface area contributed by atoms with Crippen molar-refractivity contribution in [1.29, 1.82) is 0 Å². The monoisotopic (exact) mass is 249 g/mol. The van der Waals surface area contributed by atoms with Crippen LogP contribution in [0.5, 0.6) is 5.75 Å². The van der Waals surface area contributed by atoms with E-state index in [0.717, 1.165) is 30.7 Å². The molecule has 0 aromatic heterocycles. The molecular weight excluding hydrogens is 230 g/mol. The molecule has 0 bridgehead atoms. The number of carbonyl (C=O) groups is 1. The van der Waals surface area contributed by atoms with E-state index in [4.69, 9.17) is 9.84 Å². The zero-order valence-electron chi connectivity index (χ0n) is 10.6. The molecule has 1 heterocycles. The van der Waals surface area contributed by atoms with Gasteiger partial charge in [0.05, 0.1) is 6.61 Å². The molecule has 4 heteroatoms. The van der Waals surface area contributed by atoms with Gasteiger partial charge in [-0.2, -0.15) is 0 Å². The number of hydrogen-bond donors (Lipinski definition) is 1. The molecule has 1 fully saturated rings. The van der Waals surface area contributed by atoms with E-state index in [1.54, 1.807) is 0 Å². The number of nitrogens with zero attached hydrogens (tertiary/aromatic N) is 1. The van der Waals surface area contributed by atoms with E-state index < -0.39 is 5.97 Å². The fourth-order valence-corrected chi connectivity index (χ4v) is 2.39. The van der Waals surface area contributed by atoms with Gasteiger partial charge in [-0.05, 0) is 44.0 Å². The standard InChI is InChI=1S/C14H19NO3/c1-2-18-12-7-5-11(6-8-12)10-15-9-3-4-13(15)14(16)17/h5-8,13H,2-4,9-10H2,1H3,(H,16,17)/t13-/m0/s1. The highest BCUT2D eigenvalue weighted by atomic mass is 16.5. The smallest absolute Gasteiger partial charge is 0.320 e. The normalized spacial score (nSPS) is 19.9. The molecule has 1 aromatic carbocycles. The third-order valence-corrected chi connectivity index (χ3v) is 3.27. The highest BCUT2D eigenvalue weighted by Crippen LogP contribution is 2.21. The summed E-state index contributed by atoms with van der Waals surface area (Å²) in [6.45, 7) is 4.18. The third kappa shape index (κ3) is 3.01. The van der Waals surface area contributed by atoms with Gasteiger partial charge < -0.3 is 9.84 Å². The Morgan fingerprint density at radius 2 is 2.17 bits per heavy atom. The van der Waals surface area contributed by atoms with E-state index in [1.165, 1.54) is 0 Å². The predicted molar refractivity (Wildman–Crippen MR) is 68.7 cm³/mol. The lowest BCUT2D eigenvalue weighted by atomic mass is 10.2. The Balaban J connectivity index is 1.98. The molecule has 1 N–H and O–H groups in total. The molecule has 1 aromatic rings. The van der Waals surface area contributed by atoms with Crippen molar-refractivity contribution < 1.29 is 14.6 Å². The van der Waals surface area contributed by atoms with Crippen LogP contribution >= 0.6 is 0 Å². The maximum atomic E-state index is 11.1. The first-order valence-electron chi connectivity index (χ1n) is 6.39. The molecule has 4 nitrogen and oxygen atoms in total. The van der Waals surface area contributed by atoms with Crippen LogP contribution in [0.15, 0.2) is 24.3 Å². The summed E-state index contributed by atoms with van der Waals surface area (Å²) in [5.41, 5.74) is 1.13. The lowest BCUT2D eigenvalue weighted by molar-refractivity contribution is -0.142. The third-order valence-electron chi connectivity index (χ3n) is 3.27. The SMILES string of the molecule is CCOc1ccc(CN2CCC[C@H]2C(=O)O)cc1. The first-order chi connectivity index (χ1) is 8.70. The fourth-order valence-electron chi connectivity index (χ4n) is 2.39. The number of likely N-dealkylation sites (tertiary alicyclic amines) is 1. The van der Waals surface area contributed by atoms with E-state index in [2.05, 4.69) is 0 Å². The zero-order valence-corrected chi connectivity index (χ0v) is 10.6. The average Bonchev–Trinajstić information content (AvgIpc) is 2.80. The van der Waals surface area contributed by atoms with Crippen molar-refractivity contribution in [3.05, 3.63) is 29.8 Å². The number of rotatable bonds is 5. The molecule has 1 aliphatic rings. The van der Waals surface area contributed by atoms with Crippen molar-refractivity contribution in [3.8, 4) is 5.75 Å². The van der Waals surface area contributed by atoms with E-state index in [9.17, 15) is 4.79 Å². The Bertz CT molecular complexity index is 402. The first kappa shape index (κ1) is 12.9. The second-order valence-electron chi connectivity index (χ2n) is 4.54. The van der Waals surface area contributed by atoms with Crippen LogP contribution in [0.2, 0.25) is 0 Å². The van der Waals surface area contributed by atoms with Crippen molar-refractivity contribution in [2.45, 2.75) is 32.4 Å². The van der Waals surface area contributed by atoms with Gasteiger partial charge in [-0.3, -0.25) is 9.69 Å². The Hall–Kier alpha value is -1.55. The maximum absolute atomic E-state index is 11.1. The summed E-state index contributed by atoms with van der Waals surface area (Å²) in [5.74, 6) is 0.149. The van der Waals surface area contributed by atoms with Gasteiger partial charge in [0.25, 0.3) is 0 Å². The highest BCUT2D eigenvalue weighted by Gasteiger charge is 2.30. The van der Waals surface area contributed by atoms with Gasteiger partial charge in [0.1, 0.15) is 11.8 Å². The van der Waals surface area contributed by atoms with Gasteiger partial charge in [0.15, 0.2) is 0 Å². The molecule has 1 aliphatic heterocycles. The number of aliphatic carboxylic acids is 1. The molecule has 0 radical (unpaired) electrons. The molecule has 0 aliphatic carbocycles. The van der Waals surface area contributed by atoms with E-state index in [-0.39, 0.29) is 6.04 Å². The van der Waals surface area contributed by atoms with Gasteiger partial charge >= 0.3 is 5.97 Å². The van der Waals surface area contributed by atoms with Crippen molar-refractivity contribution in [1.82, 2.24) is 4.90 Å². The van der Waals surface area contributed by atoms with Gasteiger partial charge in [0.2, 0.25) is 0 Å². The molecule has 0 spiro atoms. The van der Waals surface area contributed by atoms with Crippen LogP contribution in [-0.2, 0) is 11.3 Å². The second-order valence-corrected chi connectivity index (χ2v) is 4.54. The Labute approximate surface area is 107 Å². The highest BCUT2D eigenvalue weighted by molar-refractivity contribution is 5.73. The molecule has 0 amide bonds. The summed E-state index contributed by atoms with van der Waals surface area (Å²) >= 11 is 0. The van der Waals surface area contributed by atoms with E-state index in [0.29, 0.717) is 13.2 Å². The molecule has 2 rings (SSSR count). The molecule has 1 atom stereocenters. The second kappa shape index (κ2) is 5.87. The molecule has 1 saturated heterocycles. The Kier molecular flexibility index (Phi) is 4.20. The number of hydrogen-bond acceptors (Lipinski definition) is 3. The van der Waals surface area contributed by atoms with E-state index in [1.807, 2.05) is 36.1 Å². The van der Waals surface area contributed by atoms with Crippen molar-refractivity contribution in [3.63, 3.8) is 0 Å². The average molecular weight is 249 g/mol. The lowest BCUT2D eigenvalue weighted by Gasteiger charge is -2.21. The summed E-state index contributed by atoms with van der Waals surface area (Å²) in [6, 6.07) is 7.55. The molecule has 0 unspecified atom stereocenters. The minimum atomic E-state index is -0.710. The maximum Gasteiger partial charge on any atom is 0.320 e. The minimum absolute atomic E-state index is 0.323. The summed E-state index contributed by atoms with van der Waals surface area (Å²) in [7, 11) is 0. The molecule has 98 valence electrons. The van der Waals surface area contributed by atoms with Crippen LogP contribution in [-0.4, -0.2) is 35.2 Å². The quantitative estimate of drug-likeness (QED) is 0.868. The summed E-state index contributed by atoms with van der Waals surface area (Å²) in [5, 5.41) is 9.11. The lowest BCUT2D eigenvalue weighted by Crippen LogP contribution is -2.35. The van der Waals surface area contributed by atoms with Crippen LogP contribution in [0, 0.1) is 0 Å². The first-order valence-corrected chi connectivity index (χ1v) is 6.39. The van der Waals surface area contributed by atoms with Crippen molar-refractivity contribution >= 4 is 5.97 Å². The van der Waals surface area contributed by atoms with Gasteiger partial charge in [-0.1, -0.05) is 12.1 Å². The topological polar surface area (TPSA) is 49.8 Å². The van der Waals surface area contributed by atoms with Crippen LogP contribution < -0.4 is 4.74 Å². The van der Waals surface area contributed by atoms with Crippen LogP contribution in [0.1, 0.15) is 25.3 Å². The number of ether oxygens (including phenoxy) is 1. The fraction of sp³-hybridized carbons (Fsp3) is 0.500. The van der Waals surface area contributed by atoms with Crippen molar-refractivity contribution in [2.75, 3.05) is 13.2 Å². The van der Waals surface area contributed by atoms with Crippen molar-refractivity contribution in [2.24, 2.45) is 0 Å². The zero-order chi connectivity index (χ0) is 13.0. The van der Waals surface area contributed by atoms with Crippen LogP contribution in [0.4, 0.5) is 0 Å². The molecule has 18 heavy (non-hydrogen) atoms. The van der Waals surface area contributed by atoms with E-state index >= 15 is 0 Å². The number of carboxylic acid groups (broad SMARTS) is 1. The largest absolute Gasteiger partial charge is 0.494 e. The minimum Gasteiger partial charge on any atom is -0.494 e. The summed E-state index contributed by atoms with van der Waals surface area (Å²) in [4.78, 5) is 13.1.